The number of hydrogen-bond donors (Lipinski definition) is 0. The molecule has 1 aliphatic carbocycles. The highest BCUT2D eigenvalue weighted by Crippen LogP contribution is 2.45. The van der Waals surface area contributed by atoms with Crippen LogP contribution in [0.15, 0.2) is 48.2 Å². The minimum absolute atomic E-state index is 0.0242. The number of rotatable bonds is 9. The highest BCUT2D eigenvalue weighted by atomic mass is 16.5. The van der Waals surface area contributed by atoms with Gasteiger partial charge in [-0.3, -0.25) is 4.79 Å². The molecule has 5 heteroatoms. The Morgan fingerprint density at radius 3 is 2.60 bits per heavy atom. The number of carbonyl (C=O) groups excluding carboxylic acids is 1. The second-order valence-corrected chi connectivity index (χ2v) is 9.13. The van der Waals surface area contributed by atoms with Crippen molar-refractivity contribution < 1.29 is 14.3 Å². The first kappa shape index (κ1) is 26.8. The Morgan fingerprint density at radius 1 is 1.26 bits per heavy atom. The Balaban J connectivity index is 0.000000429. The van der Waals surface area contributed by atoms with E-state index in [1.54, 1.807) is 21.1 Å². The van der Waals surface area contributed by atoms with Gasteiger partial charge in [-0.15, -0.1) is 6.58 Å². The Bertz CT molecular complexity index is 1170. The van der Waals surface area contributed by atoms with E-state index in [1.165, 1.54) is 10.8 Å². The average molecular weight is 477 g/mol. The zero-order chi connectivity index (χ0) is 25.6. The van der Waals surface area contributed by atoms with Gasteiger partial charge >= 0.3 is 0 Å². The third kappa shape index (κ3) is 5.12. The zero-order valence-electron chi connectivity index (χ0n) is 22.1. The summed E-state index contributed by atoms with van der Waals surface area (Å²) in [5.74, 6) is 0.0242. The molecule has 5 nitrogen and oxygen atoms in total. The van der Waals surface area contributed by atoms with Crippen molar-refractivity contribution in [2.75, 3.05) is 20.8 Å². The quantitative estimate of drug-likeness (QED) is 0.378. The number of fused-ring (bicyclic) bond motifs is 4. The summed E-state index contributed by atoms with van der Waals surface area (Å²) in [5.41, 5.74) is 5.30. The van der Waals surface area contributed by atoms with Gasteiger partial charge in [-0.25, -0.2) is 4.98 Å². The first-order valence-electron chi connectivity index (χ1n) is 12.7. The van der Waals surface area contributed by atoms with Crippen LogP contribution in [0.1, 0.15) is 70.6 Å². The van der Waals surface area contributed by atoms with E-state index >= 15 is 0 Å². The number of aromatic nitrogens is 1. The molecule has 0 spiro atoms. The molecule has 0 saturated heterocycles. The maximum atomic E-state index is 12.7. The molecule has 35 heavy (non-hydrogen) atoms. The summed E-state index contributed by atoms with van der Waals surface area (Å²) in [6.07, 6.45) is 14.2. The van der Waals surface area contributed by atoms with Gasteiger partial charge in [-0.1, -0.05) is 38.7 Å². The van der Waals surface area contributed by atoms with Gasteiger partial charge in [-0.05, 0) is 74.0 Å². The number of allylic oxidation sites excluding steroid dienone is 2. The van der Waals surface area contributed by atoms with Crippen molar-refractivity contribution >= 4 is 23.6 Å². The van der Waals surface area contributed by atoms with E-state index < -0.39 is 5.60 Å². The second-order valence-electron chi connectivity index (χ2n) is 9.13. The smallest absolute Gasteiger partial charge is 0.166 e. The highest BCUT2D eigenvalue weighted by Gasteiger charge is 2.43. The van der Waals surface area contributed by atoms with Crippen LogP contribution in [0.5, 0.6) is 0 Å². The number of methoxy groups -OCH3 is 2. The fourth-order valence-corrected chi connectivity index (χ4v) is 5.18. The van der Waals surface area contributed by atoms with Crippen molar-refractivity contribution in [3.63, 3.8) is 0 Å². The lowest BCUT2D eigenvalue weighted by molar-refractivity contribution is -0.134. The van der Waals surface area contributed by atoms with Gasteiger partial charge in [0.15, 0.2) is 11.4 Å². The number of ether oxygens (including phenoxy) is 2. The molecule has 4 rings (SSSR count). The first-order valence-corrected chi connectivity index (χ1v) is 12.7. The number of carbonyl (C=O) groups is 1. The Kier molecular flexibility index (Phi) is 9.03. The molecule has 0 fully saturated rings. The molecule has 1 atom stereocenters. The predicted octanol–water partition coefficient (Wildman–Crippen LogP) is 4.81. The Morgan fingerprint density at radius 2 is 2.00 bits per heavy atom. The Labute approximate surface area is 210 Å². The largest absolute Gasteiger partial charge is 0.385 e. The van der Waals surface area contributed by atoms with Gasteiger partial charge in [0.2, 0.25) is 0 Å². The number of pyridine rings is 1. The van der Waals surface area contributed by atoms with Gasteiger partial charge < -0.3 is 14.4 Å². The average Bonchev–Trinajstić information content (AvgIpc) is 3.22. The van der Waals surface area contributed by atoms with Gasteiger partial charge in [0.05, 0.1) is 23.3 Å². The number of ketones is 1. The van der Waals surface area contributed by atoms with E-state index in [9.17, 15) is 4.79 Å². The summed E-state index contributed by atoms with van der Waals surface area (Å²) >= 11 is 0. The van der Waals surface area contributed by atoms with Crippen molar-refractivity contribution in [1.82, 2.24) is 9.88 Å². The number of nitrogens with zero attached hydrogens (tertiary/aromatic N) is 2. The van der Waals surface area contributed by atoms with Crippen LogP contribution in [0.2, 0.25) is 0 Å². The third-order valence-electron chi connectivity index (χ3n) is 7.13. The normalized spacial score (nSPS) is 17.6. The molecule has 0 amide bonds. The summed E-state index contributed by atoms with van der Waals surface area (Å²) in [7, 11) is 3.34. The van der Waals surface area contributed by atoms with Gasteiger partial charge in [0.1, 0.15) is 0 Å². The minimum Gasteiger partial charge on any atom is -0.385 e. The fourth-order valence-electron chi connectivity index (χ4n) is 5.18. The van der Waals surface area contributed by atoms with Crippen LogP contribution in [0.4, 0.5) is 0 Å². The van der Waals surface area contributed by atoms with Gasteiger partial charge in [-0.2, -0.15) is 0 Å². The first-order chi connectivity index (χ1) is 16.9. The lowest BCUT2D eigenvalue weighted by atomic mass is 9.80. The molecule has 1 unspecified atom stereocenters. The predicted molar refractivity (Wildman–Crippen MR) is 144 cm³/mol. The summed E-state index contributed by atoms with van der Waals surface area (Å²) < 4.78 is 10.6. The maximum absolute atomic E-state index is 12.7. The topological polar surface area (TPSA) is 51.7 Å². The molecule has 0 saturated carbocycles. The van der Waals surface area contributed by atoms with Crippen LogP contribution in [0, 0.1) is 0 Å². The standard InChI is InChI=1S/C24H28N2O2.C6H12O/c1-6-19-15(3)26-14-18-12-17-10-8-9-11-21(17)25-23(18)22(26)13-20(19)24(7-2,28-5)16(4)27;1-3-4-5-6-7-2/h10-13H,3,6-9,14H2,1-2,4-5H3;3H,1,4-6H2,2H3. The highest BCUT2D eigenvalue weighted by molar-refractivity contribution is 5.92. The summed E-state index contributed by atoms with van der Waals surface area (Å²) in [6.45, 7) is 15.3. The van der Waals surface area contributed by atoms with E-state index in [1.807, 2.05) is 13.0 Å². The van der Waals surface area contributed by atoms with E-state index in [0.29, 0.717) is 6.42 Å². The van der Waals surface area contributed by atoms with Crippen LogP contribution >= 0.6 is 0 Å². The second kappa shape index (κ2) is 11.8. The van der Waals surface area contributed by atoms with Crippen LogP contribution in [0.3, 0.4) is 0 Å². The van der Waals surface area contributed by atoms with Crippen molar-refractivity contribution in [2.45, 2.75) is 71.4 Å². The molecule has 0 radical (unpaired) electrons. The zero-order valence-corrected chi connectivity index (χ0v) is 22.1. The van der Waals surface area contributed by atoms with Crippen LogP contribution in [-0.2, 0) is 20.8 Å². The number of Topliss-reactive ketones (excluding diaryl/α,β-unsaturated/α-hetero) is 1. The Hall–Kier alpha value is -2.76. The van der Waals surface area contributed by atoms with Crippen molar-refractivity contribution in [2.24, 2.45) is 0 Å². The monoisotopic (exact) mass is 476 g/mol. The molecule has 3 aliphatic rings. The van der Waals surface area contributed by atoms with Crippen molar-refractivity contribution in [3.05, 3.63) is 70.0 Å². The lowest BCUT2D eigenvalue weighted by Gasteiger charge is -2.38. The molecular formula is C30H40N2O3. The van der Waals surface area contributed by atoms with E-state index in [2.05, 4.69) is 49.3 Å². The summed E-state index contributed by atoms with van der Waals surface area (Å²) in [6, 6.07) is 2.26. The minimum atomic E-state index is -0.940. The molecule has 2 aliphatic heterocycles. The maximum Gasteiger partial charge on any atom is 0.166 e. The lowest BCUT2D eigenvalue weighted by Crippen LogP contribution is -2.42. The van der Waals surface area contributed by atoms with Crippen molar-refractivity contribution in [3.8, 4) is 0 Å². The molecule has 3 heterocycles. The molecule has 188 valence electrons. The molecular weight excluding hydrogens is 436 g/mol. The van der Waals surface area contributed by atoms with E-state index in [0.717, 1.165) is 78.8 Å². The van der Waals surface area contributed by atoms with Gasteiger partial charge in [0.25, 0.3) is 0 Å². The van der Waals surface area contributed by atoms with Crippen LogP contribution < -0.4 is 10.6 Å². The van der Waals surface area contributed by atoms with Crippen LogP contribution in [-0.4, -0.2) is 42.1 Å². The fraction of sp³-hybridized carbons (Fsp3) is 0.467. The molecule has 0 N–H and O–H groups in total. The van der Waals surface area contributed by atoms with Crippen molar-refractivity contribution in [1.29, 1.82) is 0 Å². The summed E-state index contributed by atoms with van der Waals surface area (Å²) in [5, 5.41) is 2.29. The molecule has 0 aromatic carbocycles. The number of unbranched alkanes of at least 4 members (excludes halogenated alkanes) is 1. The molecule has 1 aromatic rings. The number of hydrogen-bond acceptors (Lipinski definition) is 5. The summed E-state index contributed by atoms with van der Waals surface area (Å²) in [4.78, 5) is 19.9. The van der Waals surface area contributed by atoms with Crippen LogP contribution in [0.25, 0.3) is 17.8 Å². The molecule has 1 aromatic heterocycles. The van der Waals surface area contributed by atoms with Gasteiger partial charge in [0, 0.05) is 32.1 Å². The SMILES string of the molecule is C=C1C(CC)=C(C(CC)(OC)C(C)=O)C=C2c3nc4c(cc3CN12)=CCCC=4.C=CCCCOC. The van der Waals surface area contributed by atoms with E-state index in [-0.39, 0.29) is 5.78 Å². The van der Waals surface area contributed by atoms with E-state index in [4.69, 9.17) is 14.5 Å². The molecule has 0 bridgehead atoms. The third-order valence-corrected chi connectivity index (χ3v) is 7.13.